The molecular formula is C24H24N2O2S. The van der Waals surface area contributed by atoms with Crippen LogP contribution in [-0.2, 0) is 4.79 Å². The third-order valence-corrected chi connectivity index (χ3v) is 6.24. The Morgan fingerprint density at radius 2 is 1.69 bits per heavy atom. The predicted octanol–water partition coefficient (Wildman–Crippen LogP) is 5.05. The number of nitrogens with one attached hydrogen (secondary N) is 1. The Morgan fingerprint density at radius 1 is 0.966 bits per heavy atom. The van der Waals surface area contributed by atoms with Crippen LogP contribution in [-0.4, -0.2) is 36.1 Å². The summed E-state index contributed by atoms with van der Waals surface area (Å²) in [7, 11) is 0. The molecule has 1 fully saturated rings. The van der Waals surface area contributed by atoms with Crippen LogP contribution in [0, 0.1) is 5.92 Å². The molecule has 0 atom stereocenters. The Kier molecular flexibility index (Phi) is 5.86. The Hall–Kier alpha value is -2.79. The summed E-state index contributed by atoms with van der Waals surface area (Å²) in [5.41, 5.74) is 1.57. The van der Waals surface area contributed by atoms with Gasteiger partial charge in [0.25, 0.3) is 5.91 Å². The second-order valence-electron chi connectivity index (χ2n) is 7.31. The van der Waals surface area contributed by atoms with Gasteiger partial charge in [-0.05, 0) is 54.1 Å². The number of benzene rings is 3. The molecule has 4 rings (SSSR count). The second kappa shape index (κ2) is 8.70. The molecule has 1 heterocycles. The summed E-state index contributed by atoms with van der Waals surface area (Å²) >= 11 is 1.65. The van der Waals surface area contributed by atoms with E-state index in [-0.39, 0.29) is 17.7 Å². The van der Waals surface area contributed by atoms with Gasteiger partial charge < -0.3 is 10.2 Å². The SMILES string of the molecule is CSc1cccc(NC(=O)C2CCN(C(=O)c3cccc4ccccc34)CC2)c1. The topological polar surface area (TPSA) is 49.4 Å². The molecule has 2 amide bonds. The minimum Gasteiger partial charge on any atom is -0.339 e. The third-order valence-electron chi connectivity index (χ3n) is 5.51. The molecule has 0 spiro atoms. The Morgan fingerprint density at radius 3 is 2.48 bits per heavy atom. The van der Waals surface area contributed by atoms with E-state index in [4.69, 9.17) is 0 Å². The zero-order valence-electron chi connectivity index (χ0n) is 16.4. The molecule has 3 aromatic rings. The number of carbonyl (C=O) groups excluding carboxylic acids is 2. The molecule has 1 aliphatic heterocycles. The number of carbonyl (C=O) groups is 2. The summed E-state index contributed by atoms with van der Waals surface area (Å²) in [6.07, 6.45) is 3.39. The molecule has 4 nitrogen and oxygen atoms in total. The summed E-state index contributed by atoms with van der Waals surface area (Å²) < 4.78 is 0. The molecule has 29 heavy (non-hydrogen) atoms. The van der Waals surface area contributed by atoms with Crippen molar-refractivity contribution in [2.75, 3.05) is 24.7 Å². The summed E-state index contributed by atoms with van der Waals surface area (Å²) in [5, 5.41) is 5.08. The number of rotatable bonds is 4. The van der Waals surface area contributed by atoms with Gasteiger partial charge in [0.05, 0.1) is 0 Å². The van der Waals surface area contributed by atoms with Gasteiger partial charge in [0, 0.05) is 35.2 Å². The molecule has 1 N–H and O–H groups in total. The van der Waals surface area contributed by atoms with Crippen molar-refractivity contribution in [1.82, 2.24) is 4.90 Å². The highest BCUT2D eigenvalue weighted by atomic mass is 32.2. The van der Waals surface area contributed by atoms with Crippen LogP contribution in [0.15, 0.2) is 71.6 Å². The van der Waals surface area contributed by atoms with Crippen LogP contribution in [0.25, 0.3) is 10.8 Å². The van der Waals surface area contributed by atoms with Crippen molar-refractivity contribution in [3.8, 4) is 0 Å². The molecule has 5 heteroatoms. The number of fused-ring (bicyclic) bond motifs is 1. The van der Waals surface area contributed by atoms with Gasteiger partial charge in [-0.1, -0.05) is 42.5 Å². The molecule has 1 saturated heterocycles. The van der Waals surface area contributed by atoms with Gasteiger partial charge in [0.2, 0.25) is 5.91 Å². The molecule has 148 valence electrons. The minimum absolute atomic E-state index is 0.0421. The van der Waals surface area contributed by atoms with Crippen molar-refractivity contribution in [3.05, 3.63) is 72.3 Å². The van der Waals surface area contributed by atoms with Crippen LogP contribution in [0.4, 0.5) is 5.69 Å². The van der Waals surface area contributed by atoms with E-state index < -0.39 is 0 Å². The number of thioether (sulfide) groups is 1. The lowest BCUT2D eigenvalue weighted by molar-refractivity contribution is -0.121. The molecule has 0 aliphatic carbocycles. The average molecular weight is 405 g/mol. The number of likely N-dealkylation sites (tertiary alicyclic amines) is 1. The van der Waals surface area contributed by atoms with Crippen molar-refractivity contribution in [1.29, 1.82) is 0 Å². The van der Waals surface area contributed by atoms with E-state index in [1.807, 2.05) is 77.9 Å². The van der Waals surface area contributed by atoms with E-state index in [2.05, 4.69) is 5.32 Å². The zero-order valence-corrected chi connectivity index (χ0v) is 17.2. The molecular weight excluding hydrogens is 380 g/mol. The molecule has 3 aromatic carbocycles. The smallest absolute Gasteiger partial charge is 0.254 e. The van der Waals surface area contributed by atoms with Crippen molar-refractivity contribution in [2.45, 2.75) is 17.7 Å². The minimum atomic E-state index is -0.0653. The Balaban J connectivity index is 1.39. The van der Waals surface area contributed by atoms with Crippen LogP contribution < -0.4 is 5.32 Å². The fourth-order valence-corrected chi connectivity index (χ4v) is 4.33. The van der Waals surface area contributed by atoms with Gasteiger partial charge in [-0.3, -0.25) is 9.59 Å². The second-order valence-corrected chi connectivity index (χ2v) is 8.19. The molecule has 0 radical (unpaired) electrons. The lowest BCUT2D eigenvalue weighted by atomic mass is 9.94. The van der Waals surface area contributed by atoms with Gasteiger partial charge in [0.1, 0.15) is 0 Å². The van der Waals surface area contributed by atoms with Gasteiger partial charge in [-0.25, -0.2) is 0 Å². The van der Waals surface area contributed by atoms with Gasteiger partial charge in [-0.15, -0.1) is 11.8 Å². The van der Waals surface area contributed by atoms with Crippen LogP contribution in [0.2, 0.25) is 0 Å². The van der Waals surface area contributed by atoms with Crippen LogP contribution >= 0.6 is 11.8 Å². The van der Waals surface area contributed by atoms with Crippen molar-refractivity contribution in [2.24, 2.45) is 5.92 Å². The molecule has 0 saturated carbocycles. The molecule has 0 unspecified atom stereocenters. The first-order valence-electron chi connectivity index (χ1n) is 9.87. The largest absolute Gasteiger partial charge is 0.339 e. The molecule has 1 aliphatic rings. The first-order valence-corrected chi connectivity index (χ1v) is 11.1. The maximum absolute atomic E-state index is 13.1. The summed E-state index contributed by atoms with van der Waals surface area (Å²) in [6, 6.07) is 21.7. The zero-order chi connectivity index (χ0) is 20.2. The highest BCUT2D eigenvalue weighted by molar-refractivity contribution is 7.98. The number of piperidine rings is 1. The number of nitrogens with zero attached hydrogens (tertiary/aromatic N) is 1. The maximum atomic E-state index is 13.1. The number of hydrogen-bond acceptors (Lipinski definition) is 3. The van der Waals surface area contributed by atoms with E-state index in [1.54, 1.807) is 11.8 Å². The fourth-order valence-electron chi connectivity index (χ4n) is 3.87. The van der Waals surface area contributed by atoms with Crippen molar-refractivity contribution >= 4 is 40.0 Å². The summed E-state index contributed by atoms with van der Waals surface area (Å²) in [5.74, 6) is 0.0262. The lowest BCUT2D eigenvalue weighted by Gasteiger charge is -2.31. The monoisotopic (exact) mass is 404 g/mol. The first-order chi connectivity index (χ1) is 14.2. The first kappa shape index (κ1) is 19.5. The Bertz CT molecular complexity index is 1040. The number of amides is 2. The summed E-state index contributed by atoms with van der Waals surface area (Å²) in [4.78, 5) is 28.7. The average Bonchev–Trinajstić information content (AvgIpc) is 2.78. The van der Waals surface area contributed by atoms with E-state index in [9.17, 15) is 9.59 Å². The van der Waals surface area contributed by atoms with Crippen LogP contribution in [0.3, 0.4) is 0 Å². The lowest BCUT2D eigenvalue weighted by Crippen LogP contribution is -2.41. The molecule has 0 aromatic heterocycles. The van der Waals surface area contributed by atoms with E-state index in [1.165, 1.54) is 0 Å². The number of anilines is 1. The van der Waals surface area contributed by atoms with Gasteiger partial charge >= 0.3 is 0 Å². The highest BCUT2D eigenvalue weighted by Crippen LogP contribution is 2.25. The highest BCUT2D eigenvalue weighted by Gasteiger charge is 2.28. The number of hydrogen-bond donors (Lipinski definition) is 1. The van der Waals surface area contributed by atoms with Crippen molar-refractivity contribution < 1.29 is 9.59 Å². The van der Waals surface area contributed by atoms with E-state index in [0.29, 0.717) is 25.9 Å². The summed E-state index contributed by atoms with van der Waals surface area (Å²) in [6.45, 7) is 1.20. The van der Waals surface area contributed by atoms with Gasteiger partial charge in [0.15, 0.2) is 0 Å². The molecule has 0 bridgehead atoms. The third kappa shape index (κ3) is 4.30. The standard InChI is InChI=1S/C24H24N2O2S/c1-29-20-9-5-8-19(16-20)25-23(27)18-12-14-26(15-13-18)24(28)22-11-4-7-17-6-2-3-10-21(17)22/h2-11,16,18H,12-15H2,1H3,(H,25,27). The maximum Gasteiger partial charge on any atom is 0.254 e. The predicted molar refractivity (Wildman–Crippen MR) is 119 cm³/mol. The van der Waals surface area contributed by atoms with Crippen molar-refractivity contribution in [3.63, 3.8) is 0 Å². The Labute approximate surface area is 175 Å². The van der Waals surface area contributed by atoms with Gasteiger partial charge in [-0.2, -0.15) is 0 Å². The quantitative estimate of drug-likeness (QED) is 0.619. The fraction of sp³-hybridized carbons (Fsp3) is 0.250. The van der Waals surface area contributed by atoms with Crippen LogP contribution in [0.1, 0.15) is 23.2 Å². The van der Waals surface area contributed by atoms with E-state index in [0.717, 1.165) is 26.9 Å². The van der Waals surface area contributed by atoms with Crippen LogP contribution in [0.5, 0.6) is 0 Å². The normalized spacial score (nSPS) is 14.7. The van der Waals surface area contributed by atoms with E-state index >= 15 is 0 Å².